The second-order valence-corrected chi connectivity index (χ2v) is 4.93. The third kappa shape index (κ3) is 3.68. The average Bonchev–Trinajstić information content (AvgIpc) is 2.39. The third-order valence-electron chi connectivity index (χ3n) is 2.22. The molecule has 1 heterocycles. The molecule has 2 aromatic rings. The van der Waals surface area contributed by atoms with Gasteiger partial charge >= 0.3 is 0 Å². The normalized spacial score (nSPS) is 12.1. The van der Waals surface area contributed by atoms with Gasteiger partial charge in [-0.1, -0.05) is 30.3 Å². The largest absolute Gasteiger partial charge is 0.352 e. The van der Waals surface area contributed by atoms with Gasteiger partial charge in [0.2, 0.25) is 5.95 Å². The van der Waals surface area contributed by atoms with Gasteiger partial charge in [0.15, 0.2) is 0 Å². The van der Waals surface area contributed by atoms with Crippen LogP contribution in [0.5, 0.6) is 0 Å². The van der Waals surface area contributed by atoms with Crippen LogP contribution in [0.4, 0.5) is 5.95 Å². The van der Waals surface area contributed by atoms with Gasteiger partial charge < -0.3 is 5.32 Å². The van der Waals surface area contributed by atoms with Crippen molar-refractivity contribution in [3.8, 4) is 0 Å². The van der Waals surface area contributed by atoms with E-state index >= 15 is 0 Å². The molecule has 0 saturated carbocycles. The van der Waals surface area contributed by atoms with Crippen LogP contribution in [-0.4, -0.2) is 16.5 Å². The van der Waals surface area contributed by atoms with Crippen LogP contribution in [0.3, 0.4) is 0 Å². The van der Waals surface area contributed by atoms with E-state index < -0.39 is 0 Å². The fourth-order valence-corrected chi connectivity index (χ4v) is 1.79. The van der Waals surface area contributed by atoms with E-state index in [9.17, 15) is 0 Å². The van der Waals surface area contributed by atoms with Crippen molar-refractivity contribution in [2.75, 3.05) is 11.9 Å². The summed E-state index contributed by atoms with van der Waals surface area (Å²) in [5, 5.41) is 3.00. The Morgan fingerprint density at radius 3 is 2.47 bits per heavy atom. The maximum atomic E-state index is 6.26. The fourth-order valence-electron chi connectivity index (χ4n) is 1.36. The second kappa shape index (κ2) is 5.98. The molecule has 1 atom stereocenters. The van der Waals surface area contributed by atoms with Crippen molar-refractivity contribution >= 4 is 33.5 Å². The van der Waals surface area contributed by atoms with Gasteiger partial charge in [-0.15, -0.1) is 11.6 Å². The highest BCUT2D eigenvalue weighted by Crippen LogP contribution is 2.19. The highest BCUT2D eigenvalue weighted by Gasteiger charge is 2.07. The minimum absolute atomic E-state index is 0.0940. The zero-order valence-electron chi connectivity index (χ0n) is 8.98. The summed E-state index contributed by atoms with van der Waals surface area (Å²) in [6.07, 6.45) is 3.39. The lowest BCUT2D eigenvalue weighted by molar-refractivity contribution is 0.949. The van der Waals surface area contributed by atoms with Gasteiger partial charge in [0.05, 0.1) is 9.85 Å². The third-order valence-corrected chi connectivity index (χ3v) is 3.04. The standard InChI is InChI=1S/C12H11BrClN3/c13-10-6-15-12(16-7-10)17-8-11(14)9-4-2-1-3-5-9/h1-7,11H,8H2,(H,15,16,17). The lowest BCUT2D eigenvalue weighted by atomic mass is 10.1. The second-order valence-electron chi connectivity index (χ2n) is 3.48. The van der Waals surface area contributed by atoms with E-state index in [0.717, 1.165) is 10.0 Å². The molecule has 1 N–H and O–H groups in total. The molecule has 5 heteroatoms. The smallest absolute Gasteiger partial charge is 0.222 e. The van der Waals surface area contributed by atoms with Crippen molar-refractivity contribution in [3.63, 3.8) is 0 Å². The summed E-state index contributed by atoms with van der Waals surface area (Å²) in [6, 6.07) is 9.92. The predicted molar refractivity (Wildman–Crippen MR) is 73.3 cm³/mol. The minimum Gasteiger partial charge on any atom is -0.352 e. The Bertz CT molecular complexity index is 461. The monoisotopic (exact) mass is 311 g/mol. The Balaban J connectivity index is 1.92. The number of hydrogen-bond donors (Lipinski definition) is 1. The van der Waals surface area contributed by atoms with Crippen LogP contribution < -0.4 is 5.32 Å². The molecule has 0 radical (unpaired) electrons. The Hall–Kier alpha value is -1.13. The maximum Gasteiger partial charge on any atom is 0.222 e. The van der Waals surface area contributed by atoms with E-state index in [4.69, 9.17) is 11.6 Å². The molecule has 2 rings (SSSR count). The number of hydrogen-bond acceptors (Lipinski definition) is 3. The van der Waals surface area contributed by atoms with Crippen LogP contribution in [0.25, 0.3) is 0 Å². The number of nitrogens with one attached hydrogen (secondary N) is 1. The summed E-state index contributed by atoms with van der Waals surface area (Å²) in [4.78, 5) is 8.23. The van der Waals surface area contributed by atoms with E-state index in [1.807, 2.05) is 30.3 Å². The van der Waals surface area contributed by atoms with E-state index in [2.05, 4.69) is 31.2 Å². The highest BCUT2D eigenvalue weighted by atomic mass is 79.9. The number of aromatic nitrogens is 2. The molecule has 1 aromatic carbocycles. The van der Waals surface area contributed by atoms with Gasteiger partial charge in [0.1, 0.15) is 0 Å². The van der Waals surface area contributed by atoms with Crippen molar-refractivity contribution in [1.82, 2.24) is 9.97 Å². The van der Waals surface area contributed by atoms with Crippen molar-refractivity contribution < 1.29 is 0 Å². The van der Waals surface area contributed by atoms with Crippen molar-refractivity contribution in [2.45, 2.75) is 5.38 Å². The summed E-state index contributed by atoms with van der Waals surface area (Å²) >= 11 is 9.54. The van der Waals surface area contributed by atoms with Gasteiger partial charge in [-0.3, -0.25) is 0 Å². The molecule has 0 amide bonds. The first kappa shape index (κ1) is 12.3. The summed E-state index contributed by atoms with van der Waals surface area (Å²) in [6.45, 7) is 0.590. The van der Waals surface area contributed by atoms with Crippen LogP contribution in [0.15, 0.2) is 47.2 Å². The molecule has 1 unspecified atom stereocenters. The first-order valence-electron chi connectivity index (χ1n) is 5.16. The molecule has 17 heavy (non-hydrogen) atoms. The molecular weight excluding hydrogens is 302 g/mol. The molecule has 0 aliphatic heterocycles. The number of rotatable bonds is 4. The summed E-state index contributed by atoms with van der Waals surface area (Å²) < 4.78 is 0.855. The van der Waals surface area contributed by atoms with Crippen molar-refractivity contribution in [2.24, 2.45) is 0 Å². The molecule has 0 fully saturated rings. The van der Waals surface area contributed by atoms with E-state index in [1.165, 1.54) is 0 Å². The molecule has 0 bridgehead atoms. The Labute approximate surface area is 113 Å². The zero-order chi connectivity index (χ0) is 12.1. The van der Waals surface area contributed by atoms with Crippen LogP contribution in [0.2, 0.25) is 0 Å². The van der Waals surface area contributed by atoms with Gasteiger partial charge in [0.25, 0.3) is 0 Å². The van der Waals surface area contributed by atoms with Crippen LogP contribution in [-0.2, 0) is 0 Å². The van der Waals surface area contributed by atoms with Crippen LogP contribution >= 0.6 is 27.5 Å². The van der Waals surface area contributed by atoms with Gasteiger partial charge in [-0.25, -0.2) is 9.97 Å². The summed E-state index contributed by atoms with van der Waals surface area (Å²) in [7, 11) is 0. The lowest BCUT2D eigenvalue weighted by Crippen LogP contribution is -2.10. The van der Waals surface area contributed by atoms with Crippen molar-refractivity contribution in [1.29, 1.82) is 0 Å². The predicted octanol–water partition coefficient (Wildman–Crippen LogP) is 3.63. The molecule has 88 valence electrons. The maximum absolute atomic E-state index is 6.26. The summed E-state index contributed by atoms with van der Waals surface area (Å²) in [5.74, 6) is 0.579. The molecule has 1 aromatic heterocycles. The Morgan fingerprint density at radius 2 is 1.82 bits per heavy atom. The van der Waals surface area contributed by atoms with E-state index in [0.29, 0.717) is 12.5 Å². The van der Waals surface area contributed by atoms with E-state index in [1.54, 1.807) is 12.4 Å². The molecular formula is C12H11BrClN3. The first-order chi connectivity index (χ1) is 8.25. The zero-order valence-corrected chi connectivity index (χ0v) is 11.3. The van der Waals surface area contributed by atoms with E-state index in [-0.39, 0.29) is 5.38 Å². The number of halogens is 2. The molecule has 0 aliphatic rings. The number of nitrogens with zero attached hydrogens (tertiary/aromatic N) is 2. The number of anilines is 1. The quantitative estimate of drug-likeness (QED) is 0.876. The summed E-state index contributed by atoms with van der Waals surface area (Å²) in [5.41, 5.74) is 1.08. The van der Waals surface area contributed by atoms with Crippen molar-refractivity contribution in [3.05, 3.63) is 52.8 Å². The number of benzene rings is 1. The molecule has 3 nitrogen and oxygen atoms in total. The van der Waals surface area contributed by atoms with Gasteiger partial charge in [0, 0.05) is 18.9 Å². The average molecular weight is 313 g/mol. The first-order valence-corrected chi connectivity index (χ1v) is 6.39. The van der Waals surface area contributed by atoms with Gasteiger partial charge in [-0.05, 0) is 21.5 Å². The molecule has 0 spiro atoms. The fraction of sp³-hybridized carbons (Fsp3) is 0.167. The SMILES string of the molecule is ClC(CNc1ncc(Br)cn1)c1ccccc1. The highest BCUT2D eigenvalue weighted by molar-refractivity contribution is 9.10. The van der Waals surface area contributed by atoms with Crippen LogP contribution in [0.1, 0.15) is 10.9 Å². The Kier molecular flexibility index (Phi) is 4.34. The minimum atomic E-state index is -0.0940. The lowest BCUT2D eigenvalue weighted by Gasteiger charge is -2.10. The van der Waals surface area contributed by atoms with Gasteiger partial charge in [-0.2, -0.15) is 0 Å². The number of alkyl halides is 1. The Morgan fingerprint density at radius 1 is 1.18 bits per heavy atom. The topological polar surface area (TPSA) is 37.8 Å². The molecule has 0 aliphatic carbocycles. The molecule has 0 saturated heterocycles. The van der Waals surface area contributed by atoms with Crippen LogP contribution in [0, 0.1) is 0 Å².